The summed E-state index contributed by atoms with van der Waals surface area (Å²) in [4.78, 5) is 22.9. The molecule has 114 valence electrons. The lowest BCUT2D eigenvalue weighted by molar-refractivity contribution is -0.140. The van der Waals surface area contributed by atoms with E-state index >= 15 is 0 Å². The fourth-order valence-corrected chi connectivity index (χ4v) is 1.94. The third-order valence-electron chi connectivity index (χ3n) is 3.02. The molecule has 0 bridgehead atoms. The van der Waals surface area contributed by atoms with Gasteiger partial charge in [0.25, 0.3) is 0 Å². The van der Waals surface area contributed by atoms with Gasteiger partial charge in [0.1, 0.15) is 19.3 Å². The average molecular weight is 294 g/mol. The molecular weight excluding hydrogens is 276 g/mol. The van der Waals surface area contributed by atoms with Crippen molar-refractivity contribution in [2.24, 2.45) is 5.92 Å². The van der Waals surface area contributed by atoms with Gasteiger partial charge in [-0.3, -0.25) is 0 Å². The van der Waals surface area contributed by atoms with Crippen LogP contribution in [0.5, 0.6) is 11.5 Å². The fourth-order valence-electron chi connectivity index (χ4n) is 1.94. The zero-order chi connectivity index (χ0) is 15.4. The number of benzene rings is 1. The van der Waals surface area contributed by atoms with Crippen molar-refractivity contribution in [3.63, 3.8) is 0 Å². The number of carboxylic acids is 1. The Morgan fingerprint density at radius 2 is 1.86 bits per heavy atom. The van der Waals surface area contributed by atoms with E-state index in [1.165, 1.54) is 0 Å². The molecule has 1 aromatic rings. The van der Waals surface area contributed by atoms with E-state index in [-0.39, 0.29) is 5.92 Å². The van der Waals surface area contributed by atoms with Crippen molar-refractivity contribution >= 4 is 17.7 Å². The maximum Gasteiger partial charge on any atom is 0.326 e. The topological polar surface area (TPSA) is 96.9 Å². The van der Waals surface area contributed by atoms with Gasteiger partial charge in [0.05, 0.1) is 0 Å². The molecule has 0 saturated heterocycles. The van der Waals surface area contributed by atoms with Crippen LogP contribution in [0.4, 0.5) is 10.5 Å². The molecule has 2 amide bonds. The second-order valence-electron chi connectivity index (χ2n) is 5.02. The Labute approximate surface area is 122 Å². The molecule has 1 aromatic carbocycles. The minimum Gasteiger partial charge on any atom is -0.486 e. The third kappa shape index (κ3) is 3.77. The van der Waals surface area contributed by atoms with Gasteiger partial charge in [-0.05, 0) is 18.1 Å². The number of carbonyl (C=O) groups is 2. The minimum atomic E-state index is -1.07. The van der Waals surface area contributed by atoms with Gasteiger partial charge in [0.15, 0.2) is 11.5 Å². The zero-order valence-electron chi connectivity index (χ0n) is 11.9. The Hall–Kier alpha value is -2.44. The van der Waals surface area contributed by atoms with Gasteiger partial charge in [-0.2, -0.15) is 0 Å². The summed E-state index contributed by atoms with van der Waals surface area (Å²) in [5.41, 5.74) is 0.504. The van der Waals surface area contributed by atoms with Crippen LogP contribution >= 0.6 is 0 Å². The van der Waals surface area contributed by atoms with Crippen LogP contribution in [-0.2, 0) is 4.79 Å². The first-order chi connectivity index (χ1) is 9.97. The van der Waals surface area contributed by atoms with Crippen LogP contribution in [0.25, 0.3) is 0 Å². The second kappa shape index (κ2) is 6.34. The van der Waals surface area contributed by atoms with Crippen LogP contribution in [0.3, 0.4) is 0 Å². The molecule has 2 rings (SSSR count). The molecule has 21 heavy (non-hydrogen) atoms. The molecule has 1 atom stereocenters. The van der Waals surface area contributed by atoms with E-state index in [1.807, 2.05) is 0 Å². The van der Waals surface area contributed by atoms with E-state index in [4.69, 9.17) is 14.6 Å². The van der Waals surface area contributed by atoms with Crippen LogP contribution in [-0.4, -0.2) is 36.4 Å². The van der Waals surface area contributed by atoms with Crippen LogP contribution in [0.15, 0.2) is 18.2 Å². The second-order valence-corrected chi connectivity index (χ2v) is 5.02. The molecule has 7 heteroatoms. The first kappa shape index (κ1) is 15.0. The van der Waals surface area contributed by atoms with Crippen molar-refractivity contribution in [2.45, 2.75) is 19.9 Å². The maximum absolute atomic E-state index is 11.8. The van der Waals surface area contributed by atoms with Crippen molar-refractivity contribution in [3.8, 4) is 11.5 Å². The minimum absolute atomic E-state index is 0.214. The Bertz CT molecular complexity index is 544. The smallest absolute Gasteiger partial charge is 0.326 e. The summed E-state index contributed by atoms with van der Waals surface area (Å²) in [7, 11) is 0. The SMILES string of the molecule is CC(C)[C@H](NC(=O)Nc1ccc2c(c1)OCCO2)C(=O)O. The molecular formula is C14H18N2O5. The normalized spacial score (nSPS) is 14.4. The molecule has 0 aliphatic carbocycles. The highest BCUT2D eigenvalue weighted by Crippen LogP contribution is 2.32. The first-order valence-electron chi connectivity index (χ1n) is 6.67. The Balaban J connectivity index is 2.01. The average Bonchev–Trinajstić information content (AvgIpc) is 2.44. The van der Waals surface area contributed by atoms with E-state index in [0.29, 0.717) is 30.4 Å². The predicted molar refractivity (Wildman–Crippen MR) is 75.8 cm³/mol. The monoisotopic (exact) mass is 294 g/mol. The summed E-state index contributed by atoms with van der Waals surface area (Å²) < 4.78 is 10.8. The lowest BCUT2D eigenvalue weighted by atomic mass is 10.1. The molecule has 0 spiro atoms. The standard InChI is InChI=1S/C14H18N2O5/c1-8(2)12(13(17)18)16-14(19)15-9-3-4-10-11(7-9)21-6-5-20-10/h3-4,7-8,12H,5-6H2,1-2H3,(H,17,18)(H2,15,16,19)/t12-/m0/s1. The van der Waals surface area contributed by atoms with E-state index in [1.54, 1.807) is 32.0 Å². The highest BCUT2D eigenvalue weighted by molar-refractivity contribution is 5.92. The third-order valence-corrected chi connectivity index (χ3v) is 3.02. The number of hydrogen-bond donors (Lipinski definition) is 3. The van der Waals surface area contributed by atoms with Crippen molar-refractivity contribution in [2.75, 3.05) is 18.5 Å². The van der Waals surface area contributed by atoms with E-state index in [2.05, 4.69) is 10.6 Å². The number of amides is 2. The molecule has 1 heterocycles. The summed E-state index contributed by atoms with van der Waals surface area (Å²) in [6, 6.07) is 3.48. The lowest BCUT2D eigenvalue weighted by Gasteiger charge is -2.20. The molecule has 1 aliphatic rings. The maximum atomic E-state index is 11.8. The zero-order valence-corrected chi connectivity index (χ0v) is 11.9. The van der Waals surface area contributed by atoms with Gasteiger partial charge in [0.2, 0.25) is 0 Å². The van der Waals surface area contributed by atoms with Gasteiger partial charge in [-0.25, -0.2) is 9.59 Å². The highest BCUT2D eigenvalue weighted by atomic mass is 16.6. The summed E-state index contributed by atoms with van der Waals surface area (Å²) >= 11 is 0. The van der Waals surface area contributed by atoms with Crippen molar-refractivity contribution in [3.05, 3.63) is 18.2 Å². The first-order valence-corrected chi connectivity index (χ1v) is 6.67. The number of carbonyl (C=O) groups excluding carboxylic acids is 1. The number of fused-ring (bicyclic) bond motifs is 1. The number of urea groups is 1. The summed E-state index contributed by atoms with van der Waals surface area (Å²) in [6.45, 7) is 4.40. The van der Waals surface area contributed by atoms with Crippen LogP contribution < -0.4 is 20.1 Å². The van der Waals surface area contributed by atoms with Gasteiger partial charge in [-0.1, -0.05) is 13.8 Å². The number of hydrogen-bond acceptors (Lipinski definition) is 4. The highest BCUT2D eigenvalue weighted by Gasteiger charge is 2.23. The lowest BCUT2D eigenvalue weighted by Crippen LogP contribution is -2.46. The number of carboxylic acid groups (broad SMARTS) is 1. The Morgan fingerprint density at radius 1 is 1.19 bits per heavy atom. The number of anilines is 1. The molecule has 0 saturated carbocycles. The van der Waals surface area contributed by atoms with Gasteiger partial charge >= 0.3 is 12.0 Å². The molecule has 1 aliphatic heterocycles. The van der Waals surface area contributed by atoms with E-state index in [9.17, 15) is 9.59 Å². The largest absolute Gasteiger partial charge is 0.486 e. The quantitative estimate of drug-likeness (QED) is 0.785. The number of ether oxygens (including phenoxy) is 2. The van der Waals surface area contributed by atoms with Crippen molar-refractivity contribution in [1.82, 2.24) is 5.32 Å². The number of nitrogens with one attached hydrogen (secondary N) is 2. The molecule has 0 aromatic heterocycles. The number of rotatable bonds is 4. The summed E-state index contributed by atoms with van der Waals surface area (Å²) in [6.07, 6.45) is 0. The fraction of sp³-hybridized carbons (Fsp3) is 0.429. The van der Waals surface area contributed by atoms with Gasteiger partial charge in [0, 0.05) is 11.8 Å². The van der Waals surface area contributed by atoms with Gasteiger partial charge < -0.3 is 25.2 Å². The molecule has 0 radical (unpaired) electrons. The van der Waals surface area contributed by atoms with E-state index in [0.717, 1.165) is 0 Å². The molecule has 0 fully saturated rings. The Kier molecular flexibility index (Phi) is 4.52. The summed E-state index contributed by atoms with van der Waals surface area (Å²) in [5.74, 6) is -0.105. The van der Waals surface area contributed by atoms with Crippen LogP contribution in [0.2, 0.25) is 0 Å². The number of aliphatic carboxylic acids is 1. The Morgan fingerprint density at radius 3 is 2.48 bits per heavy atom. The summed E-state index contributed by atoms with van der Waals surface area (Å²) in [5, 5.41) is 14.0. The van der Waals surface area contributed by atoms with E-state index < -0.39 is 18.0 Å². The predicted octanol–water partition coefficient (Wildman–Crippen LogP) is 1.69. The van der Waals surface area contributed by atoms with Crippen molar-refractivity contribution in [1.29, 1.82) is 0 Å². The van der Waals surface area contributed by atoms with Crippen LogP contribution in [0, 0.1) is 5.92 Å². The molecule has 3 N–H and O–H groups in total. The molecule has 0 unspecified atom stereocenters. The van der Waals surface area contributed by atoms with Crippen molar-refractivity contribution < 1.29 is 24.2 Å². The van der Waals surface area contributed by atoms with Crippen LogP contribution in [0.1, 0.15) is 13.8 Å². The van der Waals surface area contributed by atoms with Gasteiger partial charge in [-0.15, -0.1) is 0 Å². The molecule has 7 nitrogen and oxygen atoms in total.